The fourth-order valence-electron chi connectivity index (χ4n) is 1.92. The van der Waals surface area contributed by atoms with E-state index in [0.717, 1.165) is 19.4 Å². The lowest BCUT2D eigenvalue weighted by atomic mass is 10.1. The Morgan fingerprint density at radius 3 is 2.88 bits per heavy atom. The van der Waals surface area contributed by atoms with Crippen molar-refractivity contribution in [2.75, 3.05) is 11.9 Å². The van der Waals surface area contributed by atoms with Crippen molar-refractivity contribution < 1.29 is 4.79 Å². The van der Waals surface area contributed by atoms with Crippen LogP contribution >= 0.6 is 24.0 Å². The number of amides is 1. The van der Waals surface area contributed by atoms with Crippen molar-refractivity contribution in [2.24, 2.45) is 0 Å². The van der Waals surface area contributed by atoms with Crippen molar-refractivity contribution >= 4 is 35.6 Å². The minimum Gasteiger partial charge on any atom is -0.325 e. The van der Waals surface area contributed by atoms with E-state index in [1.807, 2.05) is 18.2 Å². The van der Waals surface area contributed by atoms with Crippen LogP contribution in [-0.2, 0) is 4.79 Å². The van der Waals surface area contributed by atoms with Gasteiger partial charge in [-0.3, -0.25) is 4.79 Å². The van der Waals surface area contributed by atoms with Gasteiger partial charge in [-0.2, -0.15) is 0 Å². The van der Waals surface area contributed by atoms with Crippen molar-refractivity contribution in [3.8, 4) is 0 Å². The van der Waals surface area contributed by atoms with Gasteiger partial charge in [0.2, 0.25) is 5.91 Å². The first-order valence-corrected chi connectivity index (χ1v) is 5.91. The topological polar surface area (TPSA) is 41.1 Å². The van der Waals surface area contributed by atoms with E-state index in [4.69, 9.17) is 11.6 Å². The number of carbonyl (C=O) groups excluding carboxylic acids is 1. The molecule has 0 bridgehead atoms. The Labute approximate surface area is 112 Å². The van der Waals surface area contributed by atoms with Gasteiger partial charge in [0, 0.05) is 12.5 Å². The van der Waals surface area contributed by atoms with Gasteiger partial charge in [0.15, 0.2) is 0 Å². The van der Waals surface area contributed by atoms with E-state index in [9.17, 15) is 4.79 Å². The molecule has 1 unspecified atom stereocenters. The normalized spacial score (nSPS) is 18.5. The Bertz CT molecular complexity index is 379. The Kier molecular flexibility index (Phi) is 5.75. The highest BCUT2D eigenvalue weighted by atomic mass is 35.5. The number of hydrogen-bond acceptors (Lipinski definition) is 2. The summed E-state index contributed by atoms with van der Waals surface area (Å²) in [4.78, 5) is 11.7. The molecular formula is C12H16Cl2N2O. The summed E-state index contributed by atoms with van der Waals surface area (Å²) in [5.41, 5.74) is 0.687. The van der Waals surface area contributed by atoms with Crippen LogP contribution in [-0.4, -0.2) is 18.5 Å². The van der Waals surface area contributed by atoms with Gasteiger partial charge in [0.05, 0.1) is 10.7 Å². The van der Waals surface area contributed by atoms with Crippen molar-refractivity contribution in [3.63, 3.8) is 0 Å². The Morgan fingerprint density at radius 1 is 1.47 bits per heavy atom. The smallest absolute Gasteiger partial charge is 0.225 e. The third kappa shape index (κ3) is 4.19. The number of anilines is 1. The monoisotopic (exact) mass is 274 g/mol. The summed E-state index contributed by atoms with van der Waals surface area (Å²) in [6.45, 7) is 1.02. The van der Waals surface area contributed by atoms with Gasteiger partial charge in [-0.1, -0.05) is 23.7 Å². The van der Waals surface area contributed by atoms with Crippen LogP contribution < -0.4 is 10.6 Å². The minimum atomic E-state index is 0. The third-order valence-corrected chi connectivity index (χ3v) is 3.07. The lowest BCUT2D eigenvalue weighted by Gasteiger charge is -2.11. The van der Waals surface area contributed by atoms with E-state index >= 15 is 0 Å². The summed E-state index contributed by atoms with van der Waals surface area (Å²) in [5, 5.41) is 6.70. The lowest BCUT2D eigenvalue weighted by molar-refractivity contribution is -0.116. The zero-order chi connectivity index (χ0) is 11.4. The van der Waals surface area contributed by atoms with E-state index < -0.39 is 0 Å². The zero-order valence-electron chi connectivity index (χ0n) is 9.41. The first-order chi connectivity index (χ1) is 7.75. The zero-order valence-corrected chi connectivity index (χ0v) is 11.0. The second-order valence-electron chi connectivity index (χ2n) is 4.03. The molecule has 5 heteroatoms. The van der Waals surface area contributed by atoms with Gasteiger partial charge >= 0.3 is 0 Å². The molecule has 1 aromatic rings. The maximum Gasteiger partial charge on any atom is 0.225 e. The predicted molar refractivity (Wildman–Crippen MR) is 73.0 cm³/mol. The molecule has 1 amide bonds. The van der Waals surface area contributed by atoms with E-state index in [-0.39, 0.29) is 18.3 Å². The van der Waals surface area contributed by atoms with E-state index in [2.05, 4.69) is 10.6 Å². The molecule has 94 valence electrons. The fourth-order valence-corrected chi connectivity index (χ4v) is 2.10. The standard InChI is InChI=1S/C12H15ClN2O.ClH/c13-10-5-1-2-6-11(10)15-12(16)8-9-4-3-7-14-9;/h1-2,5-6,9,14H,3-4,7-8H2,(H,15,16);1H. The molecule has 3 nitrogen and oxygen atoms in total. The van der Waals surface area contributed by atoms with Crippen LogP contribution in [0.1, 0.15) is 19.3 Å². The molecule has 1 atom stereocenters. The highest BCUT2D eigenvalue weighted by molar-refractivity contribution is 6.33. The van der Waals surface area contributed by atoms with Crippen LogP contribution in [0.4, 0.5) is 5.69 Å². The Balaban J connectivity index is 0.00000144. The fraction of sp³-hybridized carbons (Fsp3) is 0.417. The van der Waals surface area contributed by atoms with Gasteiger partial charge in [0.25, 0.3) is 0 Å². The minimum absolute atomic E-state index is 0. The molecular weight excluding hydrogens is 259 g/mol. The summed E-state index contributed by atoms with van der Waals surface area (Å²) < 4.78 is 0. The highest BCUT2D eigenvalue weighted by Gasteiger charge is 2.17. The maximum absolute atomic E-state index is 11.7. The van der Waals surface area contributed by atoms with E-state index in [1.165, 1.54) is 0 Å². The number of hydrogen-bond donors (Lipinski definition) is 2. The largest absolute Gasteiger partial charge is 0.325 e. The molecule has 1 aliphatic heterocycles. The third-order valence-electron chi connectivity index (χ3n) is 2.74. The first kappa shape index (κ1) is 14.3. The molecule has 0 aliphatic carbocycles. The average molecular weight is 275 g/mol. The van der Waals surface area contributed by atoms with Gasteiger partial charge in [-0.15, -0.1) is 12.4 Å². The van der Waals surface area contributed by atoms with Gasteiger partial charge in [0.1, 0.15) is 0 Å². The molecule has 17 heavy (non-hydrogen) atoms. The lowest BCUT2D eigenvalue weighted by Crippen LogP contribution is -2.27. The summed E-state index contributed by atoms with van der Waals surface area (Å²) in [7, 11) is 0. The Hall–Kier alpha value is -0.770. The SMILES string of the molecule is Cl.O=C(CC1CCCN1)Nc1ccccc1Cl. The molecule has 1 saturated heterocycles. The molecule has 1 aliphatic rings. The average Bonchev–Trinajstić information content (AvgIpc) is 2.74. The van der Waals surface area contributed by atoms with Gasteiger partial charge in [-0.05, 0) is 31.5 Å². The number of halogens is 2. The van der Waals surface area contributed by atoms with E-state index in [0.29, 0.717) is 23.2 Å². The molecule has 1 aromatic carbocycles. The van der Waals surface area contributed by atoms with Crippen LogP contribution in [0.3, 0.4) is 0 Å². The van der Waals surface area contributed by atoms with E-state index in [1.54, 1.807) is 6.07 Å². The Morgan fingerprint density at radius 2 is 2.24 bits per heavy atom. The second-order valence-corrected chi connectivity index (χ2v) is 4.43. The number of benzene rings is 1. The number of para-hydroxylation sites is 1. The number of rotatable bonds is 3. The number of nitrogens with one attached hydrogen (secondary N) is 2. The summed E-state index contributed by atoms with van der Waals surface area (Å²) >= 11 is 5.95. The quantitative estimate of drug-likeness (QED) is 0.890. The number of carbonyl (C=O) groups is 1. The van der Waals surface area contributed by atoms with Crippen molar-refractivity contribution in [1.82, 2.24) is 5.32 Å². The molecule has 1 heterocycles. The second kappa shape index (κ2) is 6.84. The predicted octanol–water partition coefficient (Wildman–Crippen LogP) is 2.84. The highest BCUT2D eigenvalue weighted by Crippen LogP contribution is 2.21. The van der Waals surface area contributed by atoms with Crippen LogP contribution in [0.25, 0.3) is 0 Å². The first-order valence-electron chi connectivity index (χ1n) is 5.53. The van der Waals surface area contributed by atoms with Crippen molar-refractivity contribution in [1.29, 1.82) is 0 Å². The van der Waals surface area contributed by atoms with Crippen LogP contribution in [0, 0.1) is 0 Å². The molecule has 2 N–H and O–H groups in total. The molecule has 1 fully saturated rings. The summed E-state index contributed by atoms with van der Waals surface area (Å²) in [5.74, 6) is 0.0208. The summed E-state index contributed by atoms with van der Waals surface area (Å²) in [6.07, 6.45) is 2.76. The van der Waals surface area contributed by atoms with Crippen molar-refractivity contribution in [3.05, 3.63) is 29.3 Å². The van der Waals surface area contributed by atoms with Gasteiger partial charge < -0.3 is 10.6 Å². The molecule has 0 spiro atoms. The van der Waals surface area contributed by atoms with Crippen LogP contribution in [0.5, 0.6) is 0 Å². The molecule has 0 saturated carbocycles. The van der Waals surface area contributed by atoms with Crippen LogP contribution in [0.2, 0.25) is 5.02 Å². The molecule has 0 radical (unpaired) electrons. The van der Waals surface area contributed by atoms with Crippen LogP contribution in [0.15, 0.2) is 24.3 Å². The maximum atomic E-state index is 11.7. The molecule has 0 aromatic heterocycles. The summed E-state index contributed by atoms with van der Waals surface area (Å²) in [6, 6.07) is 7.60. The molecule has 2 rings (SSSR count). The van der Waals surface area contributed by atoms with Gasteiger partial charge in [-0.25, -0.2) is 0 Å². The van der Waals surface area contributed by atoms with Crippen molar-refractivity contribution in [2.45, 2.75) is 25.3 Å².